The molecule has 0 aliphatic heterocycles. The third-order valence-corrected chi connectivity index (χ3v) is 5.81. The molecule has 0 spiro atoms. The lowest BCUT2D eigenvalue weighted by atomic mass is 9.98. The molecule has 2 aromatic carbocycles. The average Bonchev–Trinajstić information content (AvgIpc) is 2.87. The van der Waals surface area contributed by atoms with E-state index in [-0.39, 0.29) is 0 Å². The van der Waals surface area contributed by atoms with Crippen LogP contribution in [0.25, 0.3) is 21.7 Å². The molecule has 0 unspecified atom stereocenters. The SMILES string of the molecule is Cc1[nH]c2c(ccc3ccccc32)c1[C@@H]1[C@@H](CC[NH3+])C1(C)C. The van der Waals surface area contributed by atoms with Gasteiger partial charge in [0.1, 0.15) is 0 Å². The first-order chi connectivity index (χ1) is 10.6. The van der Waals surface area contributed by atoms with Crippen molar-refractivity contribution >= 4 is 21.7 Å². The zero-order valence-corrected chi connectivity index (χ0v) is 13.7. The molecule has 1 aliphatic carbocycles. The Labute approximate surface area is 131 Å². The molecule has 1 aliphatic rings. The number of quaternary nitrogens is 1. The Morgan fingerprint density at radius 3 is 2.64 bits per heavy atom. The van der Waals surface area contributed by atoms with Crippen molar-refractivity contribution in [2.45, 2.75) is 33.1 Å². The number of nitrogens with one attached hydrogen (secondary N) is 1. The monoisotopic (exact) mass is 293 g/mol. The van der Waals surface area contributed by atoms with Gasteiger partial charge in [0, 0.05) is 22.9 Å². The predicted octanol–water partition coefficient (Wildman–Crippen LogP) is 4.00. The number of aryl methyl sites for hydroxylation is 1. The Balaban J connectivity index is 1.93. The topological polar surface area (TPSA) is 43.4 Å². The second kappa shape index (κ2) is 4.60. The third-order valence-electron chi connectivity index (χ3n) is 5.81. The molecule has 0 amide bonds. The van der Waals surface area contributed by atoms with Gasteiger partial charge in [-0.1, -0.05) is 50.2 Å². The fourth-order valence-electron chi connectivity index (χ4n) is 4.56. The summed E-state index contributed by atoms with van der Waals surface area (Å²) < 4.78 is 0. The van der Waals surface area contributed by atoms with E-state index in [2.05, 4.69) is 67.9 Å². The van der Waals surface area contributed by atoms with E-state index >= 15 is 0 Å². The number of fused-ring (bicyclic) bond motifs is 3. The van der Waals surface area contributed by atoms with Crippen molar-refractivity contribution in [2.75, 3.05) is 6.54 Å². The van der Waals surface area contributed by atoms with Gasteiger partial charge in [-0.2, -0.15) is 0 Å². The van der Waals surface area contributed by atoms with Crippen LogP contribution < -0.4 is 5.73 Å². The van der Waals surface area contributed by atoms with Crippen LogP contribution in [0.3, 0.4) is 0 Å². The Kier molecular flexibility index (Phi) is 2.89. The van der Waals surface area contributed by atoms with Gasteiger partial charge in [-0.05, 0) is 35.1 Å². The van der Waals surface area contributed by atoms with E-state index in [1.165, 1.54) is 33.8 Å². The van der Waals surface area contributed by atoms with Crippen LogP contribution in [0.4, 0.5) is 0 Å². The second-order valence-corrected chi connectivity index (χ2v) is 7.42. The summed E-state index contributed by atoms with van der Waals surface area (Å²) in [7, 11) is 0. The lowest BCUT2D eigenvalue weighted by molar-refractivity contribution is -0.369. The van der Waals surface area contributed by atoms with Crippen molar-refractivity contribution in [3.05, 3.63) is 47.7 Å². The summed E-state index contributed by atoms with van der Waals surface area (Å²) in [5.74, 6) is 1.44. The number of rotatable bonds is 3. The molecule has 1 fully saturated rings. The van der Waals surface area contributed by atoms with Crippen molar-refractivity contribution in [3.8, 4) is 0 Å². The minimum absolute atomic E-state index is 0.406. The van der Waals surface area contributed by atoms with Crippen molar-refractivity contribution < 1.29 is 5.73 Å². The Hall–Kier alpha value is -1.80. The van der Waals surface area contributed by atoms with Gasteiger partial charge >= 0.3 is 0 Å². The van der Waals surface area contributed by atoms with Gasteiger partial charge < -0.3 is 10.7 Å². The highest BCUT2D eigenvalue weighted by Gasteiger charge is 2.58. The summed E-state index contributed by atoms with van der Waals surface area (Å²) in [5, 5.41) is 4.06. The van der Waals surface area contributed by atoms with Gasteiger partial charge in [-0.25, -0.2) is 0 Å². The smallest absolute Gasteiger partial charge is 0.0742 e. The summed E-state index contributed by atoms with van der Waals surface area (Å²) in [5.41, 5.74) is 8.67. The lowest BCUT2D eigenvalue weighted by Gasteiger charge is -2.04. The molecule has 1 aromatic heterocycles. The maximum atomic E-state index is 4.07. The zero-order chi connectivity index (χ0) is 15.5. The molecular weight excluding hydrogens is 268 g/mol. The molecule has 1 heterocycles. The van der Waals surface area contributed by atoms with Gasteiger partial charge in [0.2, 0.25) is 0 Å². The summed E-state index contributed by atoms with van der Waals surface area (Å²) in [6.45, 7) is 8.10. The standard InChI is InChI=1S/C20H24N2/c1-12-17(18-16(10-11-21)20(18,2)3)15-9-8-13-6-4-5-7-14(13)19(15)22-12/h4-9,16,18,22H,10-11,21H2,1-3H3/p+1/t16-,18+/m1/s1. The quantitative estimate of drug-likeness (QED) is 0.733. The van der Waals surface area contributed by atoms with Crippen LogP contribution in [0.2, 0.25) is 0 Å². The highest BCUT2D eigenvalue weighted by atomic mass is 14.7. The highest BCUT2D eigenvalue weighted by molar-refractivity contribution is 6.07. The minimum atomic E-state index is 0.406. The van der Waals surface area contributed by atoms with Gasteiger partial charge in [0.15, 0.2) is 0 Å². The van der Waals surface area contributed by atoms with Crippen molar-refractivity contribution in [1.29, 1.82) is 0 Å². The first kappa shape index (κ1) is 13.8. The van der Waals surface area contributed by atoms with E-state index in [1.54, 1.807) is 5.56 Å². The van der Waals surface area contributed by atoms with E-state index in [0.717, 1.165) is 12.5 Å². The second-order valence-electron chi connectivity index (χ2n) is 7.42. The van der Waals surface area contributed by atoms with E-state index in [0.29, 0.717) is 11.3 Å². The maximum Gasteiger partial charge on any atom is 0.0742 e. The van der Waals surface area contributed by atoms with E-state index in [9.17, 15) is 0 Å². The van der Waals surface area contributed by atoms with E-state index < -0.39 is 0 Å². The molecule has 2 atom stereocenters. The van der Waals surface area contributed by atoms with Gasteiger partial charge in [-0.15, -0.1) is 0 Å². The van der Waals surface area contributed by atoms with Crippen molar-refractivity contribution in [2.24, 2.45) is 11.3 Å². The molecule has 2 nitrogen and oxygen atoms in total. The molecule has 0 radical (unpaired) electrons. The van der Waals surface area contributed by atoms with Crippen LogP contribution in [0.1, 0.15) is 37.4 Å². The molecular formula is C20H25N2+. The zero-order valence-electron chi connectivity index (χ0n) is 13.7. The van der Waals surface area contributed by atoms with Crippen LogP contribution in [0.5, 0.6) is 0 Å². The summed E-state index contributed by atoms with van der Waals surface area (Å²) in [4.78, 5) is 3.68. The number of H-pyrrole nitrogens is 1. The third kappa shape index (κ3) is 1.77. The number of hydrogen-bond donors (Lipinski definition) is 2. The largest absolute Gasteiger partial charge is 0.358 e. The van der Waals surface area contributed by atoms with E-state index in [1.807, 2.05) is 0 Å². The van der Waals surface area contributed by atoms with Crippen molar-refractivity contribution in [3.63, 3.8) is 0 Å². The first-order valence-corrected chi connectivity index (χ1v) is 8.35. The molecule has 2 heteroatoms. The van der Waals surface area contributed by atoms with E-state index in [4.69, 9.17) is 0 Å². The van der Waals surface area contributed by atoms with Crippen LogP contribution in [0, 0.1) is 18.3 Å². The number of benzene rings is 2. The van der Waals surface area contributed by atoms with Crippen molar-refractivity contribution in [1.82, 2.24) is 4.98 Å². The average molecular weight is 293 g/mol. The maximum absolute atomic E-state index is 4.07. The number of hydrogen-bond acceptors (Lipinski definition) is 0. The molecule has 22 heavy (non-hydrogen) atoms. The summed E-state index contributed by atoms with van der Waals surface area (Å²) in [6.07, 6.45) is 1.23. The molecule has 3 aromatic rings. The Morgan fingerprint density at radius 1 is 1.09 bits per heavy atom. The molecule has 114 valence electrons. The fraction of sp³-hybridized carbons (Fsp3) is 0.400. The van der Waals surface area contributed by atoms with Gasteiger partial charge in [-0.3, -0.25) is 0 Å². The van der Waals surface area contributed by atoms with Gasteiger partial charge in [0.25, 0.3) is 0 Å². The molecule has 0 saturated heterocycles. The lowest BCUT2D eigenvalue weighted by Crippen LogP contribution is -2.50. The molecule has 4 N–H and O–H groups in total. The Morgan fingerprint density at radius 2 is 1.86 bits per heavy atom. The van der Waals surface area contributed by atoms with Crippen LogP contribution in [0.15, 0.2) is 36.4 Å². The highest BCUT2D eigenvalue weighted by Crippen LogP contribution is 2.67. The fourth-order valence-corrected chi connectivity index (χ4v) is 4.56. The number of aromatic nitrogens is 1. The van der Waals surface area contributed by atoms with Crippen LogP contribution >= 0.6 is 0 Å². The number of aromatic amines is 1. The molecule has 4 rings (SSSR count). The molecule has 0 bridgehead atoms. The molecule has 1 saturated carbocycles. The van der Waals surface area contributed by atoms with Crippen LogP contribution in [-0.2, 0) is 0 Å². The normalized spacial score (nSPS) is 23.3. The first-order valence-electron chi connectivity index (χ1n) is 8.35. The minimum Gasteiger partial charge on any atom is -0.358 e. The van der Waals surface area contributed by atoms with Gasteiger partial charge in [0.05, 0.1) is 12.1 Å². The Bertz CT molecular complexity index is 857. The summed E-state index contributed by atoms with van der Waals surface area (Å²) >= 11 is 0. The van der Waals surface area contributed by atoms with Crippen LogP contribution in [-0.4, -0.2) is 11.5 Å². The predicted molar refractivity (Wildman–Crippen MR) is 92.9 cm³/mol. The summed E-state index contributed by atoms with van der Waals surface area (Å²) in [6, 6.07) is 13.2.